The van der Waals surface area contributed by atoms with Crippen LogP contribution in [0.3, 0.4) is 0 Å². The number of aryl methyl sites for hydroxylation is 1. The van der Waals surface area contributed by atoms with E-state index in [9.17, 15) is 9.18 Å². The number of carbonyl (C=O) groups is 1. The Bertz CT molecular complexity index is 371. The molecule has 1 rings (SSSR count). The minimum Gasteiger partial charge on any atom is -0.348 e. The van der Waals surface area contributed by atoms with Crippen LogP contribution < -0.4 is 11.1 Å². The highest BCUT2D eigenvalue weighted by Gasteiger charge is 2.11. The molecule has 0 radical (unpaired) electrons. The second kappa shape index (κ2) is 6.45. The summed E-state index contributed by atoms with van der Waals surface area (Å²) in [5.41, 5.74) is 6.48. The largest absolute Gasteiger partial charge is 0.348 e. The van der Waals surface area contributed by atoms with Crippen molar-refractivity contribution in [1.82, 2.24) is 5.32 Å². The first kappa shape index (κ1) is 14.9. The number of benzene rings is 1. The van der Waals surface area contributed by atoms with E-state index in [1.54, 1.807) is 19.9 Å². The zero-order chi connectivity index (χ0) is 11.4. The van der Waals surface area contributed by atoms with Gasteiger partial charge >= 0.3 is 0 Å². The van der Waals surface area contributed by atoms with Crippen LogP contribution in [-0.2, 0) is 0 Å². The average Bonchev–Trinajstić information content (AvgIpc) is 2.21. The fraction of sp³-hybridized carbons (Fsp3) is 0.364. The van der Waals surface area contributed by atoms with E-state index in [0.29, 0.717) is 12.1 Å². The second-order valence-corrected chi connectivity index (χ2v) is 3.57. The molecule has 0 aromatic heterocycles. The maximum atomic E-state index is 12.9. The number of rotatable bonds is 3. The monoisotopic (exact) mass is 246 g/mol. The molecule has 0 aliphatic carbocycles. The van der Waals surface area contributed by atoms with Crippen LogP contribution >= 0.6 is 12.4 Å². The lowest BCUT2D eigenvalue weighted by molar-refractivity contribution is 0.0940. The Hall–Kier alpha value is -1.13. The summed E-state index contributed by atoms with van der Waals surface area (Å²) in [7, 11) is 0. The van der Waals surface area contributed by atoms with E-state index in [1.165, 1.54) is 12.1 Å². The lowest BCUT2D eigenvalue weighted by Gasteiger charge is -2.12. The van der Waals surface area contributed by atoms with Crippen LogP contribution in [0.1, 0.15) is 22.8 Å². The molecule has 1 amide bonds. The van der Waals surface area contributed by atoms with E-state index in [1.807, 2.05) is 0 Å². The SMILES string of the molecule is Cc1ccc(F)cc1C(=O)N[C@@H](C)CN.Cl. The molecular weight excluding hydrogens is 231 g/mol. The highest BCUT2D eigenvalue weighted by atomic mass is 35.5. The van der Waals surface area contributed by atoms with E-state index < -0.39 is 5.82 Å². The van der Waals surface area contributed by atoms with Gasteiger partial charge < -0.3 is 11.1 Å². The normalized spacial score (nSPS) is 11.5. The van der Waals surface area contributed by atoms with Crippen molar-refractivity contribution in [1.29, 1.82) is 0 Å². The summed E-state index contributed by atoms with van der Waals surface area (Å²) in [6.45, 7) is 3.92. The highest BCUT2D eigenvalue weighted by molar-refractivity contribution is 5.95. The molecular formula is C11H16ClFN2O. The Morgan fingerprint density at radius 3 is 2.75 bits per heavy atom. The molecule has 0 saturated carbocycles. The summed E-state index contributed by atoms with van der Waals surface area (Å²) in [6.07, 6.45) is 0. The van der Waals surface area contributed by atoms with Crippen molar-refractivity contribution in [3.05, 3.63) is 35.1 Å². The first-order valence-electron chi connectivity index (χ1n) is 4.81. The van der Waals surface area contributed by atoms with Gasteiger partial charge in [0.25, 0.3) is 5.91 Å². The molecule has 0 heterocycles. The van der Waals surface area contributed by atoms with Gasteiger partial charge in [-0.15, -0.1) is 12.4 Å². The van der Waals surface area contributed by atoms with Crippen LogP contribution in [0.15, 0.2) is 18.2 Å². The topological polar surface area (TPSA) is 55.1 Å². The first-order chi connectivity index (χ1) is 7.04. The molecule has 1 atom stereocenters. The van der Waals surface area contributed by atoms with Gasteiger partial charge in [0, 0.05) is 18.2 Å². The van der Waals surface area contributed by atoms with Crippen molar-refractivity contribution in [3.63, 3.8) is 0 Å². The number of nitrogens with one attached hydrogen (secondary N) is 1. The minimum atomic E-state index is -0.411. The van der Waals surface area contributed by atoms with Gasteiger partial charge in [-0.25, -0.2) is 4.39 Å². The van der Waals surface area contributed by atoms with Gasteiger partial charge in [-0.2, -0.15) is 0 Å². The molecule has 3 nitrogen and oxygen atoms in total. The Labute approximate surface area is 101 Å². The van der Waals surface area contributed by atoms with Crippen LogP contribution in [0, 0.1) is 12.7 Å². The molecule has 90 valence electrons. The third-order valence-corrected chi connectivity index (χ3v) is 2.18. The molecule has 0 saturated heterocycles. The summed E-state index contributed by atoms with van der Waals surface area (Å²) < 4.78 is 12.9. The number of halogens is 2. The Balaban J connectivity index is 0.00000225. The third-order valence-electron chi connectivity index (χ3n) is 2.18. The van der Waals surface area contributed by atoms with Crippen LogP contribution in [0.25, 0.3) is 0 Å². The molecule has 5 heteroatoms. The predicted octanol–water partition coefficient (Wildman–Crippen LogP) is 1.63. The van der Waals surface area contributed by atoms with Crippen molar-refractivity contribution in [2.45, 2.75) is 19.9 Å². The number of hydrogen-bond acceptors (Lipinski definition) is 2. The molecule has 0 aliphatic rings. The summed E-state index contributed by atoms with van der Waals surface area (Å²) in [5.74, 6) is -0.698. The molecule has 0 bridgehead atoms. The van der Waals surface area contributed by atoms with E-state index in [0.717, 1.165) is 5.56 Å². The Kier molecular flexibility index (Phi) is 6.00. The zero-order valence-corrected chi connectivity index (χ0v) is 10.1. The number of amides is 1. The van der Waals surface area contributed by atoms with Crippen molar-refractivity contribution in [2.24, 2.45) is 5.73 Å². The minimum absolute atomic E-state index is 0. The summed E-state index contributed by atoms with van der Waals surface area (Å²) in [5, 5.41) is 2.68. The van der Waals surface area contributed by atoms with Gasteiger partial charge in [0.05, 0.1) is 0 Å². The van der Waals surface area contributed by atoms with Crippen LogP contribution in [0.4, 0.5) is 4.39 Å². The third kappa shape index (κ3) is 3.79. The van der Waals surface area contributed by atoms with Crippen molar-refractivity contribution in [2.75, 3.05) is 6.54 Å². The molecule has 1 aromatic carbocycles. The molecule has 1 aromatic rings. The molecule has 16 heavy (non-hydrogen) atoms. The molecule has 3 N–H and O–H groups in total. The van der Waals surface area contributed by atoms with Crippen molar-refractivity contribution in [3.8, 4) is 0 Å². The van der Waals surface area contributed by atoms with Gasteiger partial charge in [0.15, 0.2) is 0 Å². The summed E-state index contributed by atoms with van der Waals surface area (Å²) >= 11 is 0. The first-order valence-corrected chi connectivity index (χ1v) is 4.81. The van der Waals surface area contributed by atoms with Gasteiger partial charge in [-0.3, -0.25) is 4.79 Å². The van der Waals surface area contributed by atoms with Crippen LogP contribution in [-0.4, -0.2) is 18.5 Å². The van der Waals surface area contributed by atoms with Gasteiger partial charge in [0.1, 0.15) is 5.82 Å². The van der Waals surface area contributed by atoms with E-state index in [-0.39, 0.29) is 24.4 Å². The van der Waals surface area contributed by atoms with E-state index in [4.69, 9.17) is 5.73 Å². The van der Waals surface area contributed by atoms with Crippen molar-refractivity contribution >= 4 is 18.3 Å². The average molecular weight is 247 g/mol. The van der Waals surface area contributed by atoms with Crippen LogP contribution in [0.5, 0.6) is 0 Å². The predicted molar refractivity (Wildman–Crippen MR) is 64.4 cm³/mol. The summed E-state index contributed by atoms with van der Waals surface area (Å²) in [6, 6.07) is 4.03. The standard InChI is InChI=1S/C11H15FN2O.ClH/c1-7-3-4-9(12)5-10(7)11(15)14-8(2)6-13;/h3-5,8H,6,13H2,1-2H3,(H,14,15);1H/t8-;/m0./s1. The molecule has 0 aliphatic heterocycles. The van der Waals surface area contributed by atoms with Gasteiger partial charge in [-0.1, -0.05) is 6.07 Å². The van der Waals surface area contributed by atoms with Gasteiger partial charge in [-0.05, 0) is 31.5 Å². The fourth-order valence-corrected chi connectivity index (χ4v) is 1.20. The second-order valence-electron chi connectivity index (χ2n) is 3.57. The van der Waals surface area contributed by atoms with Gasteiger partial charge in [0.2, 0.25) is 0 Å². The molecule has 0 fully saturated rings. The highest BCUT2D eigenvalue weighted by Crippen LogP contribution is 2.10. The number of carbonyl (C=O) groups excluding carboxylic acids is 1. The number of nitrogens with two attached hydrogens (primary N) is 1. The maximum absolute atomic E-state index is 12.9. The quantitative estimate of drug-likeness (QED) is 0.852. The maximum Gasteiger partial charge on any atom is 0.251 e. The lowest BCUT2D eigenvalue weighted by Crippen LogP contribution is -2.38. The van der Waals surface area contributed by atoms with Crippen LogP contribution in [0.2, 0.25) is 0 Å². The Morgan fingerprint density at radius 2 is 2.19 bits per heavy atom. The molecule has 0 unspecified atom stereocenters. The zero-order valence-electron chi connectivity index (χ0n) is 9.29. The van der Waals surface area contributed by atoms with E-state index in [2.05, 4.69) is 5.32 Å². The summed E-state index contributed by atoms with van der Waals surface area (Å²) in [4.78, 5) is 11.7. The lowest BCUT2D eigenvalue weighted by atomic mass is 10.1. The molecule has 0 spiro atoms. The Morgan fingerprint density at radius 1 is 1.56 bits per heavy atom. The van der Waals surface area contributed by atoms with Crippen molar-refractivity contribution < 1.29 is 9.18 Å². The fourth-order valence-electron chi connectivity index (χ4n) is 1.20. The smallest absolute Gasteiger partial charge is 0.251 e. The van der Waals surface area contributed by atoms with E-state index >= 15 is 0 Å². The number of hydrogen-bond donors (Lipinski definition) is 2.